The van der Waals surface area contributed by atoms with E-state index in [1.54, 1.807) is 0 Å². The molecule has 21 heavy (non-hydrogen) atoms. The minimum Gasteiger partial charge on any atom is -0.382 e. The van der Waals surface area contributed by atoms with Gasteiger partial charge in [-0.3, -0.25) is 10.1 Å². The number of benzene rings is 1. The highest BCUT2D eigenvalue weighted by Crippen LogP contribution is 2.32. The highest BCUT2D eigenvalue weighted by molar-refractivity contribution is 5.57. The summed E-state index contributed by atoms with van der Waals surface area (Å²) in [6.45, 7) is 3.30. The van der Waals surface area contributed by atoms with Gasteiger partial charge in [0.2, 0.25) is 0 Å². The van der Waals surface area contributed by atoms with Gasteiger partial charge in [0.25, 0.3) is 12.1 Å². The Labute approximate surface area is 121 Å². The zero-order chi connectivity index (χ0) is 15.4. The van der Waals surface area contributed by atoms with Crippen LogP contribution in [0.2, 0.25) is 0 Å². The van der Waals surface area contributed by atoms with Gasteiger partial charge in [-0.2, -0.15) is 0 Å². The molecule has 0 radical (unpaired) electrons. The lowest BCUT2D eigenvalue weighted by molar-refractivity contribution is -0.385. The highest BCUT2D eigenvalue weighted by Gasteiger charge is 2.23. The summed E-state index contributed by atoms with van der Waals surface area (Å²) in [5, 5.41) is 13.8. The number of nitrogens with zero attached hydrogens (tertiary/aromatic N) is 1. The maximum Gasteiger partial charge on any atom is 0.270 e. The Balaban J connectivity index is 2.16. The number of nitrogens with one attached hydrogen (secondary N) is 1. The van der Waals surface area contributed by atoms with Crippen LogP contribution < -0.4 is 5.32 Å². The van der Waals surface area contributed by atoms with Crippen molar-refractivity contribution in [2.24, 2.45) is 5.92 Å². The molecule has 1 aliphatic rings. The summed E-state index contributed by atoms with van der Waals surface area (Å²) in [6.07, 6.45) is -0.995. The Kier molecular flexibility index (Phi) is 5.06. The molecule has 1 aliphatic heterocycles. The van der Waals surface area contributed by atoms with Gasteiger partial charge in [-0.1, -0.05) is 0 Å². The predicted molar refractivity (Wildman–Crippen MR) is 74.7 cm³/mol. The van der Waals surface area contributed by atoms with E-state index in [2.05, 4.69) is 5.32 Å². The van der Waals surface area contributed by atoms with E-state index in [1.165, 1.54) is 12.1 Å². The summed E-state index contributed by atoms with van der Waals surface area (Å²) in [6, 6.07) is 3.54. The third-order valence-electron chi connectivity index (χ3n) is 3.84. The van der Waals surface area contributed by atoms with Crippen LogP contribution in [-0.4, -0.2) is 24.2 Å². The molecule has 1 atom stereocenters. The van der Waals surface area contributed by atoms with Gasteiger partial charge in [0, 0.05) is 42.6 Å². The van der Waals surface area contributed by atoms with Crippen molar-refractivity contribution < 1.29 is 18.4 Å². The molecule has 1 aromatic rings. The zero-order valence-electron chi connectivity index (χ0n) is 11.7. The molecule has 1 aromatic carbocycles. The maximum atomic E-state index is 13.1. The van der Waals surface area contributed by atoms with Crippen LogP contribution in [0.1, 0.15) is 31.8 Å². The Hall–Kier alpha value is -1.76. The molecule has 1 fully saturated rings. The summed E-state index contributed by atoms with van der Waals surface area (Å²) < 4.78 is 31.4. The fourth-order valence-corrected chi connectivity index (χ4v) is 2.55. The van der Waals surface area contributed by atoms with E-state index in [-0.39, 0.29) is 23.0 Å². The smallest absolute Gasteiger partial charge is 0.270 e. The first-order valence-electron chi connectivity index (χ1n) is 6.90. The highest BCUT2D eigenvalue weighted by atomic mass is 19.3. The molecule has 7 heteroatoms. The largest absolute Gasteiger partial charge is 0.382 e. The summed E-state index contributed by atoms with van der Waals surface area (Å²) in [5.74, 6) is 0.347. The Morgan fingerprint density at radius 2 is 2.05 bits per heavy atom. The van der Waals surface area contributed by atoms with E-state index in [4.69, 9.17) is 4.74 Å². The van der Waals surface area contributed by atoms with Crippen molar-refractivity contribution in [3.63, 3.8) is 0 Å². The van der Waals surface area contributed by atoms with Crippen molar-refractivity contribution in [3.8, 4) is 0 Å². The first-order chi connectivity index (χ1) is 9.99. The lowest BCUT2D eigenvalue weighted by Crippen LogP contribution is -2.31. The molecule has 5 nitrogen and oxygen atoms in total. The topological polar surface area (TPSA) is 64.4 Å². The molecule has 1 N–H and O–H groups in total. The molecular weight excluding hydrogens is 282 g/mol. The monoisotopic (exact) mass is 300 g/mol. The van der Waals surface area contributed by atoms with Gasteiger partial charge in [0.1, 0.15) is 0 Å². The first kappa shape index (κ1) is 15.6. The van der Waals surface area contributed by atoms with Crippen LogP contribution in [0.25, 0.3) is 0 Å². The van der Waals surface area contributed by atoms with Gasteiger partial charge >= 0.3 is 0 Å². The molecule has 0 amide bonds. The molecule has 2 rings (SSSR count). The quantitative estimate of drug-likeness (QED) is 0.664. The molecule has 1 saturated heterocycles. The average Bonchev–Trinajstić information content (AvgIpc) is 2.48. The molecule has 1 unspecified atom stereocenters. The van der Waals surface area contributed by atoms with E-state index in [9.17, 15) is 18.9 Å². The van der Waals surface area contributed by atoms with Crippen LogP contribution in [0.15, 0.2) is 18.2 Å². The van der Waals surface area contributed by atoms with Gasteiger partial charge in [0.05, 0.1) is 4.92 Å². The number of rotatable bonds is 5. The van der Waals surface area contributed by atoms with E-state index in [0.29, 0.717) is 19.1 Å². The number of anilines is 1. The number of halogens is 2. The molecule has 0 bridgehead atoms. The fourth-order valence-electron chi connectivity index (χ4n) is 2.55. The molecule has 0 saturated carbocycles. The van der Waals surface area contributed by atoms with Crippen molar-refractivity contribution in [2.75, 3.05) is 18.5 Å². The van der Waals surface area contributed by atoms with Crippen LogP contribution in [0.3, 0.4) is 0 Å². The van der Waals surface area contributed by atoms with E-state index >= 15 is 0 Å². The average molecular weight is 300 g/mol. The number of ether oxygens (including phenoxy) is 1. The predicted octanol–water partition coefficient (Wildman–Crippen LogP) is 3.76. The van der Waals surface area contributed by atoms with Crippen LogP contribution in [0.5, 0.6) is 0 Å². The van der Waals surface area contributed by atoms with Crippen molar-refractivity contribution >= 4 is 11.4 Å². The normalized spacial score (nSPS) is 17.7. The van der Waals surface area contributed by atoms with Crippen LogP contribution in [-0.2, 0) is 4.74 Å². The Morgan fingerprint density at radius 1 is 1.38 bits per heavy atom. The third kappa shape index (κ3) is 3.87. The summed E-state index contributed by atoms with van der Waals surface area (Å²) in [7, 11) is 0. The zero-order valence-corrected chi connectivity index (χ0v) is 11.7. The van der Waals surface area contributed by atoms with Gasteiger partial charge in [-0.15, -0.1) is 0 Å². The Bertz CT molecular complexity index is 505. The van der Waals surface area contributed by atoms with Crippen molar-refractivity contribution in [1.29, 1.82) is 0 Å². The minimum absolute atomic E-state index is 0.00727. The standard InChI is InChI=1S/C14H18F2N2O3/c1-9(10-4-6-21-7-5-10)17-13-3-2-11(18(19)20)8-12(13)14(15)16/h2-3,8-10,14,17H,4-7H2,1H3. The number of non-ortho nitro benzene ring substituents is 1. The second-order valence-corrected chi connectivity index (χ2v) is 5.21. The number of hydrogen-bond acceptors (Lipinski definition) is 4. The summed E-state index contributed by atoms with van der Waals surface area (Å²) in [5.41, 5.74) is -0.396. The second kappa shape index (κ2) is 6.80. The van der Waals surface area contributed by atoms with Crippen molar-refractivity contribution in [3.05, 3.63) is 33.9 Å². The molecule has 0 aliphatic carbocycles. The molecule has 1 heterocycles. The van der Waals surface area contributed by atoms with E-state index in [1.807, 2.05) is 6.92 Å². The second-order valence-electron chi connectivity index (χ2n) is 5.21. The minimum atomic E-state index is -2.76. The van der Waals surface area contributed by atoms with Gasteiger partial charge in [-0.25, -0.2) is 8.78 Å². The lowest BCUT2D eigenvalue weighted by atomic mass is 9.92. The number of nitro groups is 1. The van der Waals surface area contributed by atoms with E-state index in [0.717, 1.165) is 18.9 Å². The first-order valence-corrected chi connectivity index (χ1v) is 6.90. The molecule has 0 aromatic heterocycles. The summed E-state index contributed by atoms with van der Waals surface area (Å²) >= 11 is 0. The SMILES string of the molecule is CC(Nc1ccc([N+](=O)[O-])cc1C(F)F)C1CCOCC1. The number of alkyl halides is 2. The van der Waals surface area contributed by atoms with Crippen LogP contribution in [0, 0.1) is 16.0 Å². The number of hydrogen-bond donors (Lipinski definition) is 1. The fraction of sp³-hybridized carbons (Fsp3) is 0.571. The van der Waals surface area contributed by atoms with Crippen molar-refractivity contribution in [1.82, 2.24) is 0 Å². The third-order valence-corrected chi connectivity index (χ3v) is 3.84. The molecular formula is C14H18F2N2O3. The summed E-state index contributed by atoms with van der Waals surface area (Å²) in [4.78, 5) is 10.0. The van der Waals surface area contributed by atoms with Crippen molar-refractivity contribution in [2.45, 2.75) is 32.2 Å². The van der Waals surface area contributed by atoms with Crippen LogP contribution >= 0.6 is 0 Å². The molecule has 116 valence electrons. The van der Waals surface area contributed by atoms with Gasteiger partial charge in [0.15, 0.2) is 0 Å². The van der Waals surface area contributed by atoms with Gasteiger partial charge in [-0.05, 0) is 31.7 Å². The van der Waals surface area contributed by atoms with E-state index < -0.39 is 11.3 Å². The lowest BCUT2D eigenvalue weighted by Gasteiger charge is -2.29. The van der Waals surface area contributed by atoms with Gasteiger partial charge < -0.3 is 10.1 Å². The maximum absolute atomic E-state index is 13.1. The number of nitro benzene ring substituents is 1. The molecule has 0 spiro atoms. The van der Waals surface area contributed by atoms with Crippen LogP contribution in [0.4, 0.5) is 20.2 Å². The Morgan fingerprint density at radius 3 is 2.62 bits per heavy atom.